The molecular formula is C18H21N3O5S. The summed E-state index contributed by atoms with van der Waals surface area (Å²) in [6.07, 6.45) is 1.22. The maximum atomic E-state index is 12.6. The molecule has 1 atom stereocenters. The number of rotatable bonds is 5. The fraction of sp³-hybridized carbons (Fsp3) is 0.389. The van der Waals surface area contributed by atoms with Gasteiger partial charge in [0.05, 0.1) is 19.8 Å². The normalized spacial score (nSPS) is 20.2. The van der Waals surface area contributed by atoms with Gasteiger partial charge in [-0.05, 0) is 24.3 Å². The van der Waals surface area contributed by atoms with Gasteiger partial charge in [0.1, 0.15) is 23.4 Å². The van der Waals surface area contributed by atoms with Gasteiger partial charge in [0.15, 0.2) is 11.5 Å². The van der Waals surface area contributed by atoms with Gasteiger partial charge >= 0.3 is 0 Å². The van der Waals surface area contributed by atoms with Crippen molar-refractivity contribution < 1.29 is 22.6 Å². The Morgan fingerprint density at radius 2 is 1.89 bits per heavy atom. The van der Waals surface area contributed by atoms with Gasteiger partial charge in [-0.3, -0.25) is 0 Å². The Kier molecular flexibility index (Phi) is 5.15. The third kappa shape index (κ3) is 4.00. The van der Waals surface area contributed by atoms with E-state index in [1.54, 1.807) is 12.1 Å². The van der Waals surface area contributed by atoms with Gasteiger partial charge in [-0.15, -0.1) is 0 Å². The summed E-state index contributed by atoms with van der Waals surface area (Å²) in [6.45, 7) is 2.49. The molecule has 0 radical (unpaired) electrons. The number of pyridine rings is 1. The summed E-state index contributed by atoms with van der Waals surface area (Å²) < 4.78 is 43.4. The lowest BCUT2D eigenvalue weighted by molar-refractivity contribution is 0.0730. The molecule has 2 aliphatic rings. The Bertz CT molecular complexity index is 882. The van der Waals surface area contributed by atoms with Crippen LogP contribution in [-0.4, -0.2) is 63.3 Å². The molecule has 0 aliphatic carbocycles. The summed E-state index contributed by atoms with van der Waals surface area (Å²) in [4.78, 5) is 4.41. The summed E-state index contributed by atoms with van der Waals surface area (Å²) in [5, 5.41) is 3.16. The van der Waals surface area contributed by atoms with Crippen molar-refractivity contribution >= 4 is 15.8 Å². The number of hydrogen-bond acceptors (Lipinski definition) is 7. The highest BCUT2D eigenvalue weighted by atomic mass is 32.2. The number of nitrogens with zero attached hydrogens (tertiary/aromatic N) is 2. The predicted molar refractivity (Wildman–Crippen MR) is 98.7 cm³/mol. The number of morpholine rings is 1. The lowest BCUT2D eigenvalue weighted by Gasteiger charge is -2.27. The van der Waals surface area contributed by atoms with Crippen LogP contribution in [0, 0.1) is 0 Å². The van der Waals surface area contributed by atoms with Crippen molar-refractivity contribution in [2.45, 2.75) is 11.0 Å². The van der Waals surface area contributed by atoms with Gasteiger partial charge in [0.2, 0.25) is 10.0 Å². The average molecular weight is 391 g/mol. The number of fused-ring (bicyclic) bond motifs is 1. The summed E-state index contributed by atoms with van der Waals surface area (Å²) in [5.74, 6) is 2.04. The number of aromatic nitrogens is 1. The minimum atomic E-state index is -3.53. The molecule has 1 saturated heterocycles. The molecule has 3 heterocycles. The molecular weight excluding hydrogens is 370 g/mol. The minimum Gasteiger partial charge on any atom is -0.486 e. The number of benzene rings is 1. The predicted octanol–water partition coefficient (Wildman–Crippen LogP) is 1.35. The molecule has 0 unspecified atom stereocenters. The molecule has 2 aliphatic heterocycles. The Hall–Kier alpha value is -2.36. The Morgan fingerprint density at radius 3 is 2.63 bits per heavy atom. The molecule has 0 saturated carbocycles. The highest BCUT2D eigenvalue weighted by molar-refractivity contribution is 7.89. The van der Waals surface area contributed by atoms with Crippen LogP contribution >= 0.6 is 0 Å². The Labute approximate surface area is 158 Å². The molecule has 9 heteroatoms. The van der Waals surface area contributed by atoms with Crippen molar-refractivity contribution in [2.24, 2.45) is 0 Å². The fourth-order valence-electron chi connectivity index (χ4n) is 2.96. The first-order valence-electron chi connectivity index (χ1n) is 8.79. The summed E-state index contributed by atoms with van der Waals surface area (Å²) in [5.41, 5.74) is 0. The lowest BCUT2D eigenvalue weighted by atomic mass is 10.2. The first-order valence-corrected chi connectivity index (χ1v) is 10.2. The van der Waals surface area contributed by atoms with Crippen LogP contribution in [0.1, 0.15) is 0 Å². The van der Waals surface area contributed by atoms with E-state index in [1.165, 1.54) is 10.5 Å². The quantitative estimate of drug-likeness (QED) is 0.823. The zero-order valence-corrected chi connectivity index (χ0v) is 15.5. The van der Waals surface area contributed by atoms with E-state index in [0.717, 1.165) is 11.5 Å². The third-order valence-electron chi connectivity index (χ3n) is 4.42. The number of nitrogens with one attached hydrogen (secondary N) is 1. The van der Waals surface area contributed by atoms with Crippen molar-refractivity contribution in [2.75, 3.05) is 44.8 Å². The van der Waals surface area contributed by atoms with E-state index >= 15 is 0 Å². The Balaban J connectivity index is 1.36. The molecule has 4 rings (SSSR count). The van der Waals surface area contributed by atoms with Crippen LogP contribution in [0.4, 0.5) is 5.82 Å². The van der Waals surface area contributed by atoms with Crippen molar-refractivity contribution in [3.05, 3.63) is 42.6 Å². The molecule has 1 aromatic carbocycles. The second-order valence-corrected chi connectivity index (χ2v) is 8.21. The third-order valence-corrected chi connectivity index (χ3v) is 6.30. The van der Waals surface area contributed by atoms with E-state index < -0.39 is 10.0 Å². The van der Waals surface area contributed by atoms with Gasteiger partial charge in [-0.1, -0.05) is 12.1 Å². The molecule has 0 spiro atoms. The maximum absolute atomic E-state index is 12.6. The van der Waals surface area contributed by atoms with Gasteiger partial charge in [0, 0.05) is 19.3 Å². The van der Waals surface area contributed by atoms with Crippen LogP contribution in [-0.2, 0) is 14.8 Å². The van der Waals surface area contributed by atoms with Gasteiger partial charge in [-0.25, -0.2) is 13.4 Å². The van der Waals surface area contributed by atoms with Crippen molar-refractivity contribution in [3.8, 4) is 11.5 Å². The van der Waals surface area contributed by atoms with E-state index in [2.05, 4.69) is 10.3 Å². The number of hydrogen-bond donors (Lipinski definition) is 1. The molecule has 2 aromatic rings. The molecule has 8 nitrogen and oxygen atoms in total. The van der Waals surface area contributed by atoms with Crippen molar-refractivity contribution in [1.29, 1.82) is 0 Å². The van der Waals surface area contributed by atoms with E-state index in [-0.39, 0.29) is 11.0 Å². The smallest absolute Gasteiger partial charge is 0.244 e. The van der Waals surface area contributed by atoms with Gasteiger partial charge in [0.25, 0.3) is 0 Å². The maximum Gasteiger partial charge on any atom is 0.244 e. The standard InChI is InChI=1S/C18H21N3O5S/c22-27(23,21-7-9-24-10-8-21)15-5-6-18(20-12-15)19-11-14-13-25-16-3-1-2-4-17(16)26-14/h1-6,12,14H,7-11,13H2,(H,19,20)/t14-/m0/s1. The van der Waals surface area contributed by atoms with Crippen LogP contribution in [0.15, 0.2) is 47.5 Å². The number of anilines is 1. The first kappa shape index (κ1) is 18.0. The summed E-state index contributed by atoms with van der Waals surface area (Å²) in [6, 6.07) is 10.8. The second kappa shape index (κ2) is 7.71. The lowest BCUT2D eigenvalue weighted by Crippen LogP contribution is -2.40. The van der Waals surface area contributed by atoms with E-state index in [9.17, 15) is 8.42 Å². The number of sulfonamides is 1. The van der Waals surface area contributed by atoms with E-state index in [1.807, 2.05) is 24.3 Å². The van der Waals surface area contributed by atoms with Crippen LogP contribution in [0.3, 0.4) is 0 Å². The molecule has 1 fully saturated rings. The van der Waals surface area contributed by atoms with Crippen molar-refractivity contribution in [1.82, 2.24) is 9.29 Å². The van der Waals surface area contributed by atoms with Crippen LogP contribution < -0.4 is 14.8 Å². The SMILES string of the molecule is O=S(=O)(c1ccc(NC[C@H]2COc3ccccc3O2)nc1)N1CCOCC1. The average Bonchev–Trinajstić information content (AvgIpc) is 2.73. The number of para-hydroxylation sites is 2. The second-order valence-electron chi connectivity index (χ2n) is 6.27. The van der Waals surface area contributed by atoms with Crippen LogP contribution in [0.2, 0.25) is 0 Å². The van der Waals surface area contributed by atoms with Crippen LogP contribution in [0.25, 0.3) is 0 Å². The highest BCUT2D eigenvalue weighted by Gasteiger charge is 2.26. The largest absolute Gasteiger partial charge is 0.486 e. The van der Waals surface area contributed by atoms with E-state index in [0.29, 0.717) is 45.3 Å². The molecule has 0 bridgehead atoms. The summed E-state index contributed by atoms with van der Waals surface area (Å²) >= 11 is 0. The van der Waals surface area contributed by atoms with Gasteiger partial charge in [-0.2, -0.15) is 4.31 Å². The number of ether oxygens (including phenoxy) is 3. The molecule has 144 valence electrons. The van der Waals surface area contributed by atoms with Gasteiger partial charge < -0.3 is 19.5 Å². The molecule has 0 amide bonds. The first-order chi connectivity index (χ1) is 13.1. The van der Waals surface area contributed by atoms with E-state index in [4.69, 9.17) is 14.2 Å². The Morgan fingerprint density at radius 1 is 1.11 bits per heavy atom. The minimum absolute atomic E-state index is 0.154. The topological polar surface area (TPSA) is 90.0 Å². The zero-order chi connectivity index (χ0) is 18.7. The highest BCUT2D eigenvalue weighted by Crippen LogP contribution is 2.30. The summed E-state index contributed by atoms with van der Waals surface area (Å²) in [7, 11) is -3.53. The monoisotopic (exact) mass is 391 g/mol. The van der Waals surface area contributed by atoms with Crippen molar-refractivity contribution in [3.63, 3.8) is 0 Å². The zero-order valence-electron chi connectivity index (χ0n) is 14.7. The fourth-order valence-corrected chi connectivity index (χ4v) is 4.31. The van der Waals surface area contributed by atoms with Crippen LogP contribution in [0.5, 0.6) is 11.5 Å². The molecule has 27 heavy (non-hydrogen) atoms. The molecule has 1 aromatic heterocycles. The molecule has 1 N–H and O–H groups in total.